The van der Waals surface area contributed by atoms with E-state index in [-0.39, 0.29) is 0 Å². The van der Waals surface area contributed by atoms with Crippen molar-refractivity contribution in [3.63, 3.8) is 0 Å². The summed E-state index contributed by atoms with van der Waals surface area (Å²) in [6.07, 6.45) is 2.03. The van der Waals surface area contributed by atoms with Gasteiger partial charge in [0.05, 0.1) is 11.4 Å². The topological polar surface area (TPSA) is 33.6 Å². The Bertz CT molecular complexity index is 1130. The van der Waals surface area contributed by atoms with Gasteiger partial charge in [-0.2, -0.15) is 5.10 Å². The maximum Gasteiger partial charge on any atom is 0.0959 e. The third-order valence-electron chi connectivity index (χ3n) is 5.52. The number of H-pyrrole nitrogens is 1. The van der Waals surface area contributed by atoms with E-state index in [0.717, 1.165) is 34.8 Å². The molecule has 0 amide bonds. The number of aromatic nitrogens is 3. The van der Waals surface area contributed by atoms with Crippen LogP contribution in [0.5, 0.6) is 0 Å². The van der Waals surface area contributed by atoms with Crippen LogP contribution < -0.4 is 0 Å². The summed E-state index contributed by atoms with van der Waals surface area (Å²) >= 11 is 6.04. The van der Waals surface area contributed by atoms with Gasteiger partial charge in [0, 0.05) is 38.8 Å². The van der Waals surface area contributed by atoms with E-state index in [0.29, 0.717) is 0 Å². The minimum atomic E-state index is 0.746. The smallest absolute Gasteiger partial charge is 0.0959 e. The SMILES string of the molecule is Cc1ccc(C)n1-c1ccc2c(c1)-c1[nH]nc(-c3ccc(Cl)cc3)c1CC2. The fourth-order valence-corrected chi connectivity index (χ4v) is 4.29. The Labute approximate surface area is 163 Å². The van der Waals surface area contributed by atoms with Crippen molar-refractivity contribution in [3.05, 3.63) is 82.1 Å². The minimum Gasteiger partial charge on any atom is -0.318 e. The lowest BCUT2D eigenvalue weighted by Gasteiger charge is -2.19. The Morgan fingerprint density at radius 2 is 1.67 bits per heavy atom. The predicted molar refractivity (Wildman–Crippen MR) is 111 cm³/mol. The molecule has 0 spiro atoms. The molecule has 0 fully saturated rings. The van der Waals surface area contributed by atoms with Crippen LogP contribution in [0.1, 0.15) is 22.5 Å². The molecule has 2 aromatic carbocycles. The molecule has 0 saturated heterocycles. The normalized spacial score (nSPS) is 12.7. The molecule has 0 radical (unpaired) electrons. The van der Waals surface area contributed by atoms with Crippen LogP contribution >= 0.6 is 11.6 Å². The van der Waals surface area contributed by atoms with Crippen molar-refractivity contribution in [2.45, 2.75) is 26.7 Å². The molecule has 134 valence electrons. The van der Waals surface area contributed by atoms with Crippen molar-refractivity contribution in [2.24, 2.45) is 0 Å². The highest BCUT2D eigenvalue weighted by atomic mass is 35.5. The quantitative estimate of drug-likeness (QED) is 0.466. The van der Waals surface area contributed by atoms with Crippen LogP contribution in [0.2, 0.25) is 5.02 Å². The van der Waals surface area contributed by atoms with E-state index in [1.54, 1.807) is 0 Å². The molecule has 2 heterocycles. The first kappa shape index (κ1) is 16.4. The number of aryl methyl sites for hydroxylation is 3. The molecule has 2 aromatic heterocycles. The molecule has 5 rings (SSSR count). The number of nitrogens with zero attached hydrogens (tertiary/aromatic N) is 2. The van der Waals surface area contributed by atoms with Gasteiger partial charge in [-0.3, -0.25) is 5.10 Å². The second kappa shape index (κ2) is 6.14. The number of nitrogens with one attached hydrogen (secondary N) is 1. The molecule has 4 aromatic rings. The summed E-state index contributed by atoms with van der Waals surface area (Å²) in [5, 5.41) is 8.70. The van der Waals surface area contributed by atoms with Gasteiger partial charge in [-0.25, -0.2) is 0 Å². The summed E-state index contributed by atoms with van der Waals surface area (Å²) in [6, 6.07) is 19.0. The number of hydrogen-bond donors (Lipinski definition) is 1. The van der Waals surface area contributed by atoms with Crippen LogP contribution in [0.3, 0.4) is 0 Å². The molecular formula is C23H20ClN3. The van der Waals surface area contributed by atoms with Gasteiger partial charge in [0.1, 0.15) is 0 Å². The van der Waals surface area contributed by atoms with Crippen LogP contribution in [-0.4, -0.2) is 14.8 Å². The molecule has 27 heavy (non-hydrogen) atoms. The first-order valence-corrected chi connectivity index (χ1v) is 9.61. The van der Waals surface area contributed by atoms with E-state index in [1.807, 2.05) is 24.3 Å². The van der Waals surface area contributed by atoms with Gasteiger partial charge >= 0.3 is 0 Å². The maximum atomic E-state index is 6.04. The van der Waals surface area contributed by atoms with Gasteiger partial charge in [-0.15, -0.1) is 0 Å². The average Bonchev–Trinajstić information content (AvgIpc) is 3.25. The van der Waals surface area contributed by atoms with E-state index in [9.17, 15) is 0 Å². The molecule has 0 aliphatic heterocycles. The van der Waals surface area contributed by atoms with Crippen LogP contribution in [0.4, 0.5) is 0 Å². The highest BCUT2D eigenvalue weighted by molar-refractivity contribution is 6.30. The van der Waals surface area contributed by atoms with E-state index < -0.39 is 0 Å². The minimum absolute atomic E-state index is 0.746. The fraction of sp³-hybridized carbons (Fsp3) is 0.174. The molecule has 0 atom stereocenters. The van der Waals surface area contributed by atoms with E-state index in [2.05, 4.69) is 58.9 Å². The van der Waals surface area contributed by atoms with Crippen LogP contribution in [0.25, 0.3) is 28.2 Å². The zero-order valence-corrected chi connectivity index (χ0v) is 16.1. The molecular weight excluding hydrogens is 354 g/mol. The van der Waals surface area contributed by atoms with Gasteiger partial charge in [-0.05, 0) is 68.7 Å². The van der Waals surface area contributed by atoms with Gasteiger partial charge < -0.3 is 4.57 Å². The third-order valence-corrected chi connectivity index (χ3v) is 5.77. The first-order chi connectivity index (χ1) is 13.1. The van der Waals surface area contributed by atoms with E-state index >= 15 is 0 Å². The van der Waals surface area contributed by atoms with Gasteiger partial charge in [0.15, 0.2) is 0 Å². The van der Waals surface area contributed by atoms with Crippen LogP contribution in [-0.2, 0) is 12.8 Å². The summed E-state index contributed by atoms with van der Waals surface area (Å²) in [5.41, 5.74) is 10.9. The molecule has 0 unspecified atom stereocenters. The van der Waals surface area contributed by atoms with Crippen molar-refractivity contribution in [3.8, 4) is 28.2 Å². The summed E-state index contributed by atoms with van der Waals surface area (Å²) in [7, 11) is 0. The Kier molecular flexibility index (Phi) is 3.73. The largest absolute Gasteiger partial charge is 0.318 e. The Balaban J connectivity index is 1.64. The standard InChI is InChI=1S/C23H20ClN3/c1-14-3-4-15(2)27(14)19-11-7-16-8-12-20-22(17-5-9-18(24)10-6-17)25-26-23(20)21(16)13-19/h3-7,9-11,13H,8,12H2,1-2H3,(H,25,26). The molecule has 1 aliphatic carbocycles. The summed E-state index contributed by atoms with van der Waals surface area (Å²) in [5.74, 6) is 0. The van der Waals surface area contributed by atoms with Crippen molar-refractivity contribution in [2.75, 3.05) is 0 Å². The van der Waals surface area contributed by atoms with Crippen LogP contribution in [0.15, 0.2) is 54.6 Å². The second-order valence-electron chi connectivity index (χ2n) is 7.23. The number of rotatable bonds is 2. The third kappa shape index (κ3) is 2.62. The predicted octanol–water partition coefficient (Wildman–Crippen LogP) is 5.90. The number of benzene rings is 2. The van der Waals surface area contributed by atoms with E-state index in [4.69, 9.17) is 11.6 Å². The highest BCUT2D eigenvalue weighted by Crippen LogP contribution is 2.38. The van der Waals surface area contributed by atoms with Gasteiger partial charge in [0.25, 0.3) is 0 Å². The van der Waals surface area contributed by atoms with Gasteiger partial charge in [-0.1, -0.05) is 29.8 Å². The first-order valence-electron chi connectivity index (χ1n) is 9.23. The summed E-state index contributed by atoms with van der Waals surface area (Å²) in [4.78, 5) is 0. The van der Waals surface area contributed by atoms with Crippen molar-refractivity contribution in [1.29, 1.82) is 0 Å². The average molecular weight is 374 g/mol. The second-order valence-corrected chi connectivity index (χ2v) is 7.66. The lowest BCUT2D eigenvalue weighted by Crippen LogP contribution is -2.06. The Morgan fingerprint density at radius 1 is 0.926 bits per heavy atom. The molecule has 0 saturated carbocycles. The van der Waals surface area contributed by atoms with Crippen molar-refractivity contribution in [1.82, 2.24) is 14.8 Å². The van der Waals surface area contributed by atoms with Crippen LogP contribution in [0, 0.1) is 13.8 Å². The molecule has 1 N–H and O–H groups in total. The lowest BCUT2D eigenvalue weighted by molar-refractivity contribution is 0.929. The monoisotopic (exact) mass is 373 g/mol. The number of halogens is 1. The molecule has 3 nitrogen and oxygen atoms in total. The summed E-state index contributed by atoms with van der Waals surface area (Å²) < 4.78 is 2.30. The molecule has 1 aliphatic rings. The van der Waals surface area contributed by atoms with Crippen molar-refractivity contribution < 1.29 is 0 Å². The Morgan fingerprint density at radius 3 is 2.41 bits per heavy atom. The lowest BCUT2D eigenvalue weighted by atomic mass is 9.87. The molecule has 0 bridgehead atoms. The Hall–Kier alpha value is -2.78. The van der Waals surface area contributed by atoms with Crippen molar-refractivity contribution >= 4 is 11.6 Å². The number of fused-ring (bicyclic) bond motifs is 3. The maximum absolute atomic E-state index is 6.04. The zero-order chi connectivity index (χ0) is 18.5. The molecule has 4 heteroatoms. The summed E-state index contributed by atoms with van der Waals surface area (Å²) in [6.45, 7) is 4.29. The number of aromatic amines is 1. The van der Waals surface area contributed by atoms with Gasteiger partial charge in [0.2, 0.25) is 0 Å². The highest BCUT2D eigenvalue weighted by Gasteiger charge is 2.23. The fourth-order valence-electron chi connectivity index (χ4n) is 4.17. The van der Waals surface area contributed by atoms with E-state index in [1.165, 1.54) is 33.8 Å². The number of hydrogen-bond acceptors (Lipinski definition) is 1. The zero-order valence-electron chi connectivity index (χ0n) is 15.4.